The number of nitrogens with zero attached hydrogens (tertiary/aromatic N) is 2. The second kappa shape index (κ2) is 4.96. The van der Waals surface area contributed by atoms with E-state index in [9.17, 15) is 0 Å². The lowest BCUT2D eigenvalue weighted by Gasteiger charge is -2.14. The molecule has 0 saturated heterocycles. The van der Waals surface area contributed by atoms with E-state index >= 15 is 0 Å². The summed E-state index contributed by atoms with van der Waals surface area (Å²) < 4.78 is 7.87. The van der Waals surface area contributed by atoms with Crippen LogP contribution in [0, 0.1) is 27.7 Å². The van der Waals surface area contributed by atoms with E-state index in [-0.39, 0.29) is 0 Å². The number of rotatable bonds is 3. The average Bonchev–Trinajstić information content (AvgIpc) is 2.66. The minimum atomic E-state index is 0.613. The first-order chi connectivity index (χ1) is 8.95. The van der Waals surface area contributed by atoms with Crippen molar-refractivity contribution in [3.8, 4) is 11.6 Å². The molecule has 19 heavy (non-hydrogen) atoms. The Labute approximate surface area is 114 Å². The number of aryl methyl sites for hydroxylation is 4. The maximum Gasteiger partial charge on any atom is 0.241 e. The molecular formula is C15H21N3O. The summed E-state index contributed by atoms with van der Waals surface area (Å²) in [6.07, 6.45) is 0. The van der Waals surface area contributed by atoms with Crippen molar-refractivity contribution < 1.29 is 4.74 Å². The molecule has 0 aliphatic rings. The van der Waals surface area contributed by atoms with Crippen molar-refractivity contribution in [2.75, 3.05) is 5.73 Å². The Morgan fingerprint density at radius 1 is 1.16 bits per heavy atom. The largest absolute Gasteiger partial charge is 0.437 e. The lowest BCUT2D eigenvalue weighted by Crippen LogP contribution is -2.03. The van der Waals surface area contributed by atoms with Crippen molar-refractivity contribution in [1.82, 2.24) is 9.78 Å². The van der Waals surface area contributed by atoms with E-state index in [0.717, 1.165) is 29.1 Å². The van der Waals surface area contributed by atoms with E-state index in [1.54, 1.807) is 4.68 Å². The van der Waals surface area contributed by atoms with Gasteiger partial charge in [0.2, 0.25) is 5.88 Å². The van der Waals surface area contributed by atoms with Crippen molar-refractivity contribution in [3.05, 3.63) is 34.5 Å². The van der Waals surface area contributed by atoms with E-state index in [1.165, 1.54) is 5.56 Å². The molecule has 0 aliphatic heterocycles. The Hall–Kier alpha value is -1.97. The van der Waals surface area contributed by atoms with Gasteiger partial charge in [0.15, 0.2) is 0 Å². The third-order valence-electron chi connectivity index (χ3n) is 3.50. The summed E-state index contributed by atoms with van der Waals surface area (Å²) in [5, 5.41) is 4.37. The van der Waals surface area contributed by atoms with Gasteiger partial charge in [0, 0.05) is 6.54 Å². The van der Waals surface area contributed by atoms with Crippen LogP contribution in [0.15, 0.2) is 12.1 Å². The highest BCUT2D eigenvalue weighted by Crippen LogP contribution is 2.34. The first-order valence-corrected chi connectivity index (χ1v) is 6.53. The molecule has 2 N–H and O–H groups in total. The van der Waals surface area contributed by atoms with Crippen molar-refractivity contribution in [2.45, 2.75) is 41.2 Å². The molecule has 4 nitrogen and oxygen atoms in total. The molecule has 0 atom stereocenters. The van der Waals surface area contributed by atoms with Crippen LogP contribution < -0.4 is 10.5 Å². The summed E-state index contributed by atoms with van der Waals surface area (Å²) in [7, 11) is 0. The molecule has 0 radical (unpaired) electrons. The molecule has 1 aromatic heterocycles. The summed E-state index contributed by atoms with van der Waals surface area (Å²) in [6, 6.07) is 4.16. The molecule has 0 unspecified atom stereocenters. The van der Waals surface area contributed by atoms with Gasteiger partial charge < -0.3 is 10.5 Å². The molecule has 0 amide bonds. The van der Waals surface area contributed by atoms with E-state index in [2.05, 4.69) is 31.1 Å². The summed E-state index contributed by atoms with van der Waals surface area (Å²) >= 11 is 0. The van der Waals surface area contributed by atoms with Gasteiger partial charge in [-0.2, -0.15) is 5.10 Å². The number of hydrogen-bond donors (Lipinski definition) is 1. The molecule has 0 spiro atoms. The maximum absolute atomic E-state index is 6.07. The quantitative estimate of drug-likeness (QED) is 0.917. The smallest absolute Gasteiger partial charge is 0.241 e. The predicted octanol–water partition coefficient (Wildman–Crippen LogP) is 3.51. The molecule has 102 valence electrons. The van der Waals surface area contributed by atoms with E-state index in [4.69, 9.17) is 10.5 Å². The highest BCUT2D eigenvalue weighted by atomic mass is 16.5. The van der Waals surface area contributed by atoms with Crippen LogP contribution >= 0.6 is 0 Å². The van der Waals surface area contributed by atoms with Gasteiger partial charge >= 0.3 is 0 Å². The second-order valence-corrected chi connectivity index (χ2v) is 4.88. The molecule has 2 aromatic rings. The minimum Gasteiger partial charge on any atom is -0.437 e. The highest BCUT2D eigenvalue weighted by molar-refractivity contribution is 5.56. The van der Waals surface area contributed by atoms with Crippen LogP contribution in [0.5, 0.6) is 11.6 Å². The Balaban J connectivity index is 2.50. The molecule has 0 bridgehead atoms. The first-order valence-electron chi connectivity index (χ1n) is 6.53. The Bertz CT molecular complexity index is 614. The Morgan fingerprint density at radius 3 is 2.42 bits per heavy atom. The third-order valence-corrected chi connectivity index (χ3v) is 3.50. The summed E-state index contributed by atoms with van der Waals surface area (Å²) in [6.45, 7) is 10.8. The summed E-state index contributed by atoms with van der Waals surface area (Å²) in [5.41, 5.74) is 10.9. The lowest BCUT2D eigenvalue weighted by molar-refractivity contribution is 0.413. The lowest BCUT2D eigenvalue weighted by atomic mass is 10.1. The molecule has 0 aliphatic carbocycles. The van der Waals surface area contributed by atoms with E-state index in [0.29, 0.717) is 11.6 Å². The van der Waals surface area contributed by atoms with Crippen molar-refractivity contribution >= 4 is 5.69 Å². The van der Waals surface area contributed by atoms with Crippen molar-refractivity contribution in [1.29, 1.82) is 0 Å². The zero-order chi connectivity index (χ0) is 14.2. The number of nitrogens with two attached hydrogens (primary N) is 1. The van der Waals surface area contributed by atoms with Gasteiger partial charge in [0.05, 0.1) is 5.69 Å². The SMILES string of the molecule is CCn1nc(C)c(N)c1Oc1c(C)ccc(C)c1C. The minimum absolute atomic E-state index is 0.613. The van der Waals surface area contributed by atoms with Gasteiger partial charge in [-0.3, -0.25) is 0 Å². The van der Waals surface area contributed by atoms with E-state index < -0.39 is 0 Å². The van der Waals surface area contributed by atoms with Gasteiger partial charge in [-0.1, -0.05) is 12.1 Å². The van der Waals surface area contributed by atoms with Crippen LogP contribution in [-0.2, 0) is 6.54 Å². The Kier molecular flexibility index (Phi) is 3.51. The standard InChI is InChI=1S/C15H21N3O/c1-6-18-15(13(16)12(5)17-18)19-14-10(3)8-7-9(2)11(14)4/h7-8H,6,16H2,1-5H3. The summed E-state index contributed by atoms with van der Waals surface area (Å²) in [4.78, 5) is 0. The molecule has 4 heteroatoms. The second-order valence-electron chi connectivity index (χ2n) is 4.88. The molecule has 1 aromatic carbocycles. The number of anilines is 1. The summed E-state index contributed by atoms with van der Waals surface area (Å²) in [5.74, 6) is 1.51. The van der Waals surface area contributed by atoms with Crippen LogP contribution in [0.1, 0.15) is 29.3 Å². The van der Waals surface area contributed by atoms with Crippen molar-refractivity contribution in [3.63, 3.8) is 0 Å². The van der Waals surface area contributed by atoms with Crippen LogP contribution in [0.3, 0.4) is 0 Å². The number of benzene rings is 1. The fraction of sp³-hybridized carbons (Fsp3) is 0.400. The van der Waals surface area contributed by atoms with Gasteiger partial charge in [0.25, 0.3) is 0 Å². The highest BCUT2D eigenvalue weighted by Gasteiger charge is 2.16. The maximum atomic E-state index is 6.07. The average molecular weight is 259 g/mol. The fourth-order valence-electron chi connectivity index (χ4n) is 2.08. The number of ether oxygens (including phenoxy) is 1. The zero-order valence-electron chi connectivity index (χ0n) is 12.2. The topological polar surface area (TPSA) is 53.1 Å². The fourth-order valence-corrected chi connectivity index (χ4v) is 2.08. The zero-order valence-corrected chi connectivity index (χ0v) is 12.2. The molecule has 1 heterocycles. The molecule has 2 rings (SSSR count). The van der Waals surface area contributed by atoms with Crippen LogP contribution in [0.4, 0.5) is 5.69 Å². The number of hydrogen-bond acceptors (Lipinski definition) is 3. The van der Waals surface area contributed by atoms with Gasteiger partial charge in [-0.05, 0) is 51.3 Å². The monoisotopic (exact) mass is 259 g/mol. The first kappa shape index (κ1) is 13.5. The third kappa shape index (κ3) is 2.30. The number of nitrogen functional groups attached to an aromatic ring is 1. The van der Waals surface area contributed by atoms with Crippen LogP contribution in [0.25, 0.3) is 0 Å². The van der Waals surface area contributed by atoms with Crippen molar-refractivity contribution in [2.24, 2.45) is 0 Å². The van der Waals surface area contributed by atoms with Crippen LogP contribution in [-0.4, -0.2) is 9.78 Å². The van der Waals surface area contributed by atoms with Gasteiger partial charge in [-0.15, -0.1) is 0 Å². The number of aromatic nitrogens is 2. The molecule has 0 fully saturated rings. The predicted molar refractivity (Wildman–Crippen MR) is 77.8 cm³/mol. The molecule has 0 saturated carbocycles. The van der Waals surface area contributed by atoms with E-state index in [1.807, 2.05) is 20.8 Å². The van der Waals surface area contributed by atoms with Gasteiger partial charge in [0.1, 0.15) is 11.4 Å². The van der Waals surface area contributed by atoms with Crippen LogP contribution in [0.2, 0.25) is 0 Å². The Morgan fingerprint density at radius 2 is 1.79 bits per heavy atom. The van der Waals surface area contributed by atoms with Gasteiger partial charge in [-0.25, -0.2) is 4.68 Å². The molecular weight excluding hydrogens is 238 g/mol. The normalized spacial score (nSPS) is 10.8.